The zero-order valence-electron chi connectivity index (χ0n) is 8.60. The van der Waals surface area contributed by atoms with E-state index in [9.17, 15) is 4.79 Å². The number of halogens is 1. The summed E-state index contributed by atoms with van der Waals surface area (Å²) in [7, 11) is 0. The number of nitrogens with zero attached hydrogens (tertiary/aromatic N) is 1. The third-order valence-corrected chi connectivity index (χ3v) is 2.43. The molecule has 0 unspecified atom stereocenters. The van der Waals surface area contributed by atoms with Gasteiger partial charge in [0.15, 0.2) is 0 Å². The first-order valence-electron chi connectivity index (χ1n) is 4.48. The van der Waals surface area contributed by atoms with Gasteiger partial charge in [0.05, 0.1) is 6.07 Å². The first-order chi connectivity index (χ1) is 7.04. The molecular formula is C11H11ClN2O. The lowest BCUT2D eigenvalue weighted by Crippen LogP contribution is -2.11. The van der Waals surface area contributed by atoms with E-state index in [0.717, 1.165) is 11.1 Å². The highest BCUT2D eigenvalue weighted by Gasteiger charge is 2.06. The molecule has 0 radical (unpaired) electrons. The fourth-order valence-electron chi connectivity index (χ4n) is 1.18. The summed E-state index contributed by atoms with van der Waals surface area (Å²) in [5, 5.41) is 11.7. The summed E-state index contributed by atoms with van der Waals surface area (Å²) < 4.78 is 0. The summed E-state index contributed by atoms with van der Waals surface area (Å²) >= 11 is 5.92. The third-order valence-electron chi connectivity index (χ3n) is 2.02. The molecule has 15 heavy (non-hydrogen) atoms. The molecule has 0 aromatic heterocycles. The van der Waals surface area contributed by atoms with Gasteiger partial charge >= 0.3 is 0 Å². The average Bonchev–Trinajstić information content (AvgIpc) is 2.14. The van der Waals surface area contributed by atoms with E-state index in [1.54, 1.807) is 18.2 Å². The maximum atomic E-state index is 11.2. The quantitative estimate of drug-likeness (QED) is 0.837. The average molecular weight is 223 g/mol. The fourth-order valence-corrected chi connectivity index (χ4v) is 1.40. The molecule has 0 saturated carbocycles. The van der Waals surface area contributed by atoms with Crippen molar-refractivity contribution in [3.05, 3.63) is 28.3 Å². The molecular weight excluding hydrogens is 212 g/mol. The molecule has 0 spiro atoms. The maximum absolute atomic E-state index is 11.2. The molecule has 1 N–H and O–H groups in total. The van der Waals surface area contributed by atoms with Crippen LogP contribution in [0.5, 0.6) is 0 Å². The van der Waals surface area contributed by atoms with Crippen molar-refractivity contribution >= 4 is 23.2 Å². The number of carbonyl (C=O) groups excluding carboxylic acids is 1. The minimum Gasteiger partial charge on any atom is -0.325 e. The first kappa shape index (κ1) is 11.5. The molecule has 0 aliphatic rings. The molecule has 1 amide bonds. The van der Waals surface area contributed by atoms with Crippen molar-refractivity contribution in [3.63, 3.8) is 0 Å². The van der Waals surface area contributed by atoms with Crippen molar-refractivity contribution in [2.45, 2.75) is 20.3 Å². The standard InChI is InChI=1S/C11H11ClN2O/c1-7-6-10(8(2)5-9(7)12)14-11(15)3-4-13/h5-6H,3H2,1-2H3,(H,14,15). The molecule has 3 nitrogen and oxygen atoms in total. The smallest absolute Gasteiger partial charge is 0.238 e. The normalized spacial score (nSPS) is 9.47. The number of carbonyl (C=O) groups is 1. The molecule has 1 aromatic carbocycles. The second-order valence-electron chi connectivity index (χ2n) is 3.30. The molecule has 1 aromatic rings. The van der Waals surface area contributed by atoms with E-state index >= 15 is 0 Å². The lowest BCUT2D eigenvalue weighted by molar-refractivity contribution is -0.115. The van der Waals surface area contributed by atoms with Gasteiger partial charge in [0.25, 0.3) is 0 Å². The van der Waals surface area contributed by atoms with Crippen molar-refractivity contribution in [3.8, 4) is 6.07 Å². The van der Waals surface area contributed by atoms with Crippen LogP contribution in [0.2, 0.25) is 5.02 Å². The van der Waals surface area contributed by atoms with E-state index < -0.39 is 0 Å². The van der Waals surface area contributed by atoms with Crippen LogP contribution < -0.4 is 5.32 Å². The van der Waals surface area contributed by atoms with E-state index in [1.807, 2.05) is 13.8 Å². The second-order valence-corrected chi connectivity index (χ2v) is 3.71. The molecule has 0 bridgehead atoms. The Hall–Kier alpha value is -1.53. The molecule has 4 heteroatoms. The summed E-state index contributed by atoms with van der Waals surface area (Å²) in [6.45, 7) is 3.72. The van der Waals surface area contributed by atoms with Crippen LogP contribution in [0.15, 0.2) is 12.1 Å². The summed E-state index contributed by atoms with van der Waals surface area (Å²) in [5.41, 5.74) is 2.49. The van der Waals surface area contributed by atoms with Gasteiger partial charge in [-0.25, -0.2) is 0 Å². The predicted octanol–water partition coefficient (Wildman–Crippen LogP) is 2.81. The van der Waals surface area contributed by atoms with Gasteiger partial charge in [-0.05, 0) is 37.1 Å². The zero-order valence-corrected chi connectivity index (χ0v) is 9.35. The summed E-state index contributed by atoms with van der Waals surface area (Å²) in [6, 6.07) is 5.38. The number of hydrogen-bond acceptors (Lipinski definition) is 2. The van der Waals surface area contributed by atoms with Gasteiger partial charge < -0.3 is 5.32 Å². The number of nitrogens with one attached hydrogen (secondary N) is 1. The molecule has 0 saturated heterocycles. The Labute approximate surface area is 93.7 Å². The molecule has 0 heterocycles. The Morgan fingerprint density at radius 3 is 2.73 bits per heavy atom. The number of amides is 1. The lowest BCUT2D eigenvalue weighted by atomic mass is 10.1. The highest BCUT2D eigenvalue weighted by atomic mass is 35.5. The van der Waals surface area contributed by atoms with Gasteiger partial charge in [-0.3, -0.25) is 4.79 Å². The van der Waals surface area contributed by atoms with Crippen LogP contribution in [0.25, 0.3) is 0 Å². The zero-order chi connectivity index (χ0) is 11.4. The Morgan fingerprint density at radius 1 is 1.47 bits per heavy atom. The van der Waals surface area contributed by atoms with Gasteiger partial charge in [0, 0.05) is 10.7 Å². The Balaban J connectivity index is 2.92. The van der Waals surface area contributed by atoms with Crippen LogP contribution in [0, 0.1) is 25.2 Å². The largest absolute Gasteiger partial charge is 0.325 e. The van der Waals surface area contributed by atoms with Crippen molar-refractivity contribution in [2.75, 3.05) is 5.32 Å². The maximum Gasteiger partial charge on any atom is 0.238 e. The van der Waals surface area contributed by atoms with Crippen molar-refractivity contribution in [2.24, 2.45) is 0 Å². The molecule has 78 valence electrons. The van der Waals surface area contributed by atoms with E-state index in [2.05, 4.69) is 5.32 Å². The second kappa shape index (κ2) is 4.81. The van der Waals surface area contributed by atoms with Gasteiger partial charge in [0.1, 0.15) is 6.42 Å². The van der Waals surface area contributed by atoms with Crippen molar-refractivity contribution in [1.29, 1.82) is 5.26 Å². The number of hydrogen-bond donors (Lipinski definition) is 1. The number of anilines is 1. The molecule has 0 aliphatic carbocycles. The van der Waals surface area contributed by atoms with Gasteiger partial charge in [-0.2, -0.15) is 5.26 Å². The van der Waals surface area contributed by atoms with Crippen LogP contribution in [-0.4, -0.2) is 5.91 Å². The summed E-state index contributed by atoms with van der Waals surface area (Å²) in [6.07, 6.45) is -0.138. The van der Waals surface area contributed by atoms with Crippen LogP contribution in [-0.2, 0) is 4.79 Å². The minimum absolute atomic E-state index is 0.138. The number of nitriles is 1. The summed E-state index contributed by atoms with van der Waals surface area (Å²) in [5.74, 6) is -0.303. The van der Waals surface area contributed by atoms with Crippen molar-refractivity contribution in [1.82, 2.24) is 0 Å². The van der Waals surface area contributed by atoms with Gasteiger partial charge in [-0.15, -0.1) is 0 Å². The van der Waals surface area contributed by atoms with E-state index in [4.69, 9.17) is 16.9 Å². The highest BCUT2D eigenvalue weighted by Crippen LogP contribution is 2.24. The summed E-state index contributed by atoms with van der Waals surface area (Å²) in [4.78, 5) is 11.2. The molecule has 0 fully saturated rings. The van der Waals surface area contributed by atoms with Crippen LogP contribution >= 0.6 is 11.6 Å². The van der Waals surface area contributed by atoms with Gasteiger partial charge in [0.2, 0.25) is 5.91 Å². The fraction of sp³-hybridized carbons (Fsp3) is 0.273. The van der Waals surface area contributed by atoms with Crippen LogP contribution in [0.1, 0.15) is 17.5 Å². The number of rotatable bonds is 2. The number of aryl methyl sites for hydroxylation is 2. The number of benzene rings is 1. The minimum atomic E-state index is -0.303. The Kier molecular flexibility index (Phi) is 3.70. The Morgan fingerprint density at radius 2 is 2.13 bits per heavy atom. The first-order valence-corrected chi connectivity index (χ1v) is 4.86. The molecule has 0 aliphatic heterocycles. The van der Waals surface area contributed by atoms with E-state index in [-0.39, 0.29) is 12.3 Å². The van der Waals surface area contributed by atoms with Crippen LogP contribution in [0.4, 0.5) is 5.69 Å². The topological polar surface area (TPSA) is 52.9 Å². The molecule has 0 atom stereocenters. The molecule has 1 rings (SSSR count). The lowest BCUT2D eigenvalue weighted by Gasteiger charge is -2.09. The SMILES string of the molecule is Cc1cc(NC(=O)CC#N)c(C)cc1Cl. The predicted molar refractivity (Wildman–Crippen MR) is 59.8 cm³/mol. The van der Waals surface area contributed by atoms with E-state index in [0.29, 0.717) is 10.7 Å². The van der Waals surface area contributed by atoms with Crippen LogP contribution in [0.3, 0.4) is 0 Å². The van der Waals surface area contributed by atoms with Crippen molar-refractivity contribution < 1.29 is 4.79 Å². The monoisotopic (exact) mass is 222 g/mol. The third kappa shape index (κ3) is 2.97. The Bertz CT molecular complexity index is 435. The highest BCUT2D eigenvalue weighted by molar-refractivity contribution is 6.31. The van der Waals surface area contributed by atoms with E-state index in [1.165, 1.54) is 0 Å². The van der Waals surface area contributed by atoms with Gasteiger partial charge in [-0.1, -0.05) is 11.6 Å².